The second kappa shape index (κ2) is 6.35. The van der Waals surface area contributed by atoms with E-state index in [2.05, 4.69) is 4.98 Å². The molecule has 0 bridgehead atoms. The van der Waals surface area contributed by atoms with Gasteiger partial charge in [-0.05, 0) is 30.2 Å². The molecule has 0 aliphatic carbocycles. The first kappa shape index (κ1) is 16.4. The van der Waals surface area contributed by atoms with E-state index in [9.17, 15) is 9.90 Å². The number of hydrogen-bond acceptors (Lipinski definition) is 4. The number of ether oxygens (including phenoxy) is 1. The lowest BCUT2D eigenvalue weighted by Crippen LogP contribution is -2.08. The van der Waals surface area contributed by atoms with Crippen molar-refractivity contribution in [2.24, 2.45) is 0 Å². The van der Waals surface area contributed by atoms with Gasteiger partial charge in [-0.25, -0.2) is 0 Å². The van der Waals surface area contributed by atoms with Gasteiger partial charge in [0.15, 0.2) is 0 Å². The fourth-order valence-corrected chi connectivity index (χ4v) is 4.33. The van der Waals surface area contributed by atoms with Gasteiger partial charge in [0.1, 0.15) is 16.3 Å². The van der Waals surface area contributed by atoms with Crippen molar-refractivity contribution in [3.63, 3.8) is 0 Å². The molecule has 0 fully saturated rings. The van der Waals surface area contributed by atoms with Crippen molar-refractivity contribution in [2.75, 3.05) is 7.11 Å². The molecule has 130 valence electrons. The summed E-state index contributed by atoms with van der Waals surface area (Å²) < 4.78 is 5.25. The Labute approximate surface area is 154 Å². The monoisotopic (exact) mass is 363 g/mol. The first-order valence-electron chi connectivity index (χ1n) is 8.18. The highest BCUT2D eigenvalue weighted by Gasteiger charge is 2.21. The Morgan fingerprint density at radius 2 is 1.73 bits per heavy atom. The first-order valence-corrected chi connectivity index (χ1v) is 9.00. The largest absolute Gasteiger partial charge is 0.506 e. The molecule has 0 amide bonds. The summed E-state index contributed by atoms with van der Waals surface area (Å²) in [6, 6.07) is 17.0. The van der Waals surface area contributed by atoms with Gasteiger partial charge in [-0.2, -0.15) is 0 Å². The zero-order chi connectivity index (χ0) is 18.3. The van der Waals surface area contributed by atoms with Gasteiger partial charge in [0, 0.05) is 10.4 Å². The lowest BCUT2D eigenvalue weighted by atomic mass is 9.99. The normalized spacial score (nSPS) is 11.0. The Hall–Kier alpha value is -3.05. The van der Waals surface area contributed by atoms with E-state index in [1.165, 1.54) is 11.3 Å². The van der Waals surface area contributed by atoms with Crippen LogP contribution in [0.25, 0.3) is 32.5 Å². The van der Waals surface area contributed by atoms with Crippen LogP contribution in [-0.4, -0.2) is 17.2 Å². The van der Waals surface area contributed by atoms with Crippen LogP contribution in [0, 0.1) is 6.92 Å². The van der Waals surface area contributed by atoms with Crippen LogP contribution in [0.4, 0.5) is 0 Å². The fraction of sp³-hybridized carbons (Fsp3) is 0.0952. The SMILES string of the molecule is COc1cccc(-c2c(O)c3c(-c4ccccc4)c(C)sc3[nH]c2=O)c1. The number of rotatable bonds is 3. The van der Waals surface area contributed by atoms with Gasteiger partial charge in [-0.3, -0.25) is 4.79 Å². The number of aromatic nitrogens is 1. The van der Waals surface area contributed by atoms with Crippen molar-refractivity contribution < 1.29 is 9.84 Å². The van der Waals surface area contributed by atoms with Gasteiger partial charge in [-0.1, -0.05) is 42.5 Å². The van der Waals surface area contributed by atoms with E-state index in [1.807, 2.05) is 37.3 Å². The number of benzene rings is 2. The summed E-state index contributed by atoms with van der Waals surface area (Å²) >= 11 is 1.47. The molecule has 2 heterocycles. The molecular formula is C21H17NO3S. The Morgan fingerprint density at radius 3 is 2.46 bits per heavy atom. The van der Waals surface area contributed by atoms with Crippen molar-refractivity contribution in [2.45, 2.75) is 6.92 Å². The van der Waals surface area contributed by atoms with E-state index in [4.69, 9.17) is 4.74 Å². The maximum absolute atomic E-state index is 12.7. The molecule has 0 aliphatic heterocycles. The third kappa shape index (κ3) is 2.57. The van der Waals surface area contributed by atoms with Crippen LogP contribution in [0.2, 0.25) is 0 Å². The van der Waals surface area contributed by atoms with E-state index in [0.29, 0.717) is 21.5 Å². The van der Waals surface area contributed by atoms with Gasteiger partial charge in [0.05, 0.1) is 18.1 Å². The summed E-state index contributed by atoms with van der Waals surface area (Å²) in [5.74, 6) is 0.631. The number of pyridine rings is 1. The molecule has 4 nitrogen and oxygen atoms in total. The Bertz CT molecular complexity index is 1160. The molecule has 5 heteroatoms. The molecule has 4 rings (SSSR count). The van der Waals surface area contributed by atoms with Crippen LogP contribution in [0.3, 0.4) is 0 Å². The average molecular weight is 363 g/mol. The Kier molecular flexibility index (Phi) is 4.01. The highest BCUT2D eigenvalue weighted by molar-refractivity contribution is 7.19. The number of aryl methyl sites for hydroxylation is 1. The maximum atomic E-state index is 12.7. The molecule has 0 aliphatic rings. The summed E-state index contributed by atoms with van der Waals surface area (Å²) in [7, 11) is 1.57. The molecule has 0 radical (unpaired) electrons. The quantitative estimate of drug-likeness (QED) is 0.541. The summed E-state index contributed by atoms with van der Waals surface area (Å²) in [5.41, 5.74) is 2.52. The molecule has 0 atom stereocenters. The van der Waals surface area contributed by atoms with Crippen LogP contribution in [0.15, 0.2) is 59.4 Å². The highest BCUT2D eigenvalue weighted by Crippen LogP contribution is 2.44. The average Bonchev–Trinajstić information content (AvgIpc) is 2.98. The van der Waals surface area contributed by atoms with Crippen LogP contribution in [0.1, 0.15) is 4.88 Å². The molecule has 26 heavy (non-hydrogen) atoms. The van der Waals surface area contributed by atoms with Crippen molar-refractivity contribution >= 4 is 21.6 Å². The minimum Gasteiger partial charge on any atom is -0.506 e. The van der Waals surface area contributed by atoms with Gasteiger partial charge in [0.25, 0.3) is 5.56 Å². The summed E-state index contributed by atoms with van der Waals surface area (Å²) in [5, 5.41) is 11.7. The van der Waals surface area contributed by atoms with E-state index < -0.39 is 0 Å². The van der Waals surface area contributed by atoms with E-state index in [1.54, 1.807) is 31.4 Å². The standard InChI is InChI=1S/C21H17NO3S/c1-12-16(13-7-4-3-5-8-13)18-19(23)17(20(24)22-21(18)26-12)14-9-6-10-15(11-14)25-2/h3-11H,1-2H3,(H2,22,23,24). The second-order valence-corrected chi connectivity index (χ2v) is 7.24. The van der Waals surface area contributed by atoms with Gasteiger partial charge in [-0.15, -0.1) is 11.3 Å². The minimum absolute atomic E-state index is 0.000191. The lowest BCUT2D eigenvalue weighted by Gasteiger charge is -2.09. The number of thiophene rings is 1. The number of aromatic amines is 1. The van der Waals surface area contributed by atoms with E-state index in [-0.39, 0.29) is 16.9 Å². The maximum Gasteiger partial charge on any atom is 0.260 e. The van der Waals surface area contributed by atoms with Crippen LogP contribution in [0.5, 0.6) is 11.5 Å². The summed E-state index contributed by atoms with van der Waals surface area (Å²) in [6.45, 7) is 2.00. The lowest BCUT2D eigenvalue weighted by molar-refractivity contribution is 0.415. The summed E-state index contributed by atoms with van der Waals surface area (Å²) in [4.78, 5) is 17.3. The molecule has 2 aromatic carbocycles. The van der Waals surface area contributed by atoms with Gasteiger partial charge >= 0.3 is 0 Å². The third-order valence-corrected chi connectivity index (χ3v) is 5.45. The Morgan fingerprint density at radius 1 is 1.00 bits per heavy atom. The van der Waals surface area contributed by atoms with Gasteiger partial charge < -0.3 is 14.8 Å². The number of fused-ring (bicyclic) bond motifs is 1. The highest BCUT2D eigenvalue weighted by atomic mass is 32.1. The van der Waals surface area contributed by atoms with Crippen molar-refractivity contribution in [3.8, 4) is 33.8 Å². The molecule has 0 spiro atoms. The molecule has 0 saturated heterocycles. The van der Waals surface area contributed by atoms with Crippen molar-refractivity contribution in [3.05, 3.63) is 69.8 Å². The predicted octanol–water partition coefficient (Wildman–Crippen LogP) is 4.95. The van der Waals surface area contributed by atoms with Gasteiger partial charge in [0.2, 0.25) is 0 Å². The Balaban J connectivity index is 2.06. The summed E-state index contributed by atoms with van der Waals surface area (Å²) in [6.07, 6.45) is 0. The number of aromatic hydroxyl groups is 1. The zero-order valence-corrected chi connectivity index (χ0v) is 15.2. The molecule has 4 aromatic rings. The molecule has 0 saturated carbocycles. The van der Waals surface area contributed by atoms with E-state index in [0.717, 1.165) is 16.0 Å². The fourth-order valence-electron chi connectivity index (χ4n) is 3.26. The first-order chi connectivity index (χ1) is 12.6. The number of hydrogen-bond donors (Lipinski definition) is 2. The number of methoxy groups -OCH3 is 1. The number of nitrogens with one attached hydrogen (secondary N) is 1. The zero-order valence-electron chi connectivity index (χ0n) is 14.4. The molecule has 0 unspecified atom stereocenters. The predicted molar refractivity (Wildman–Crippen MR) is 106 cm³/mol. The van der Waals surface area contributed by atoms with Crippen LogP contribution >= 0.6 is 11.3 Å². The minimum atomic E-state index is -0.316. The smallest absolute Gasteiger partial charge is 0.260 e. The topological polar surface area (TPSA) is 62.3 Å². The second-order valence-electron chi connectivity index (χ2n) is 6.01. The van der Waals surface area contributed by atoms with Crippen LogP contribution < -0.4 is 10.3 Å². The van der Waals surface area contributed by atoms with Crippen molar-refractivity contribution in [1.82, 2.24) is 4.98 Å². The van der Waals surface area contributed by atoms with Crippen LogP contribution in [-0.2, 0) is 0 Å². The van der Waals surface area contributed by atoms with Crippen molar-refractivity contribution in [1.29, 1.82) is 0 Å². The third-order valence-electron chi connectivity index (χ3n) is 4.43. The molecular weight excluding hydrogens is 346 g/mol. The number of H-pyrrole nitrogens is 1. The molecule has 2 aromatic heterocycles. The molecule has 2 N–H and O–H groups in total. The van der Waals surface area contributed by atoms with E-state index >= 15 is 0 Å².